The maximum atomic E-state index is 12.1. The molecule has 0 aliphatic heterocycles. The Hall–Kier alpha value is -2.49. The van der Waals surface area contributed by atoms with Crippen molar-refractivity contribution < 1.29 is 9.90 Å². The van der Waals surface area contributed by atoms with Crippen LogP contribution in [0, 0.1) is 6.92 Å². The second-order valence-electron chi connectivity index (χ2n) is 4.89. The molecular weight excluding hydrogens is 252 g/mol. The number of phenolic OH excluding ortho intramolecular Hbond substituents is 1. The number of hydrogen-bond acceptors (Lipinski definition) is 3. The molecule has 104 valence electrons. The lowest BCUT2D eigenvalue weighted by molar-refractivity contribution is 0.102. The molecule has 0 saturated carbocycles. The summed E-state index contributed by atoms with van der Waals surface area (Å²) >= 11 is 0. The number of nitrogens with zero attached hydrogens (tertiary/aromatic N) is 1. The van der Waals surface area contributed by atoms with Crippen molar-refractivity contribution >= 4 is 17.3 Å². The Labute approximate surface area is 118 Å². The molecule has 0 bridgehead atoms. The van der Waals surface area contributed by atoms with Crippen LogP contribution in [0.3, 0.4) is 0 Å². The summed E-state index contributed by atoms with van der Waals surface area (Å²) in [7, 11) is 3.91. The fraction of sp³-hybridized carbons (Fsp3) is 0.188. The molecule has 2 N–H and O–H groups in total. The zero-order chi connectivity index (χ0) is 14.7. The third-order valence-corrected chi connectivity index (χ3v) is 3.10. The number of benzene rings is 2. The van der Waals surface area contributed by atoms with Gasteiger partial charge in [-0.25, -0.2) is 0 Å². The van der Waals surface area contributed by atoms with Crippen LogP contribution >= 0.6 is 0 Å². The van der Waals surface area contributed by atoms with E-state index in [1.165, 1.54) is 0 Å². The van der Waals surface area contributed by atoms with E-state index in [9.17, 15) is 9.90 Å². The highest BCUT2D eigenvalue weighted by Crippen LogP contribution is 2.21. The SMILES string of the molecule is Cc1cc(O)ccc1NC(=O)c1ccc(N(C)C)cc1. The molecule has 2 aromatic carbocycles. The lowest BCUT2D eigenvalue weighted by atomic mass is 10.1. The van der Waals surface area contributed by atoms with Crippen LogP contribution in [0.15, 0.2) is 42.5 Å². The summed E-state index contributed by atoms with van der Waals surface area (Å²) in [6.45, 7) is 1.84. The molecule has 0 aromatic heterocycles. The predicted molar refractivity (Wildman–Crippen MR) is 81.6 cm³/mol. The number of carbonyl (C=O) groups is 1. The Morgan fingerprint density at radius 3 is 2.30 bits per heavy atom. The van der Waals surface area contributed by atoms with Crippen molar-refractivity contribution in [3.8, 4) is 5.75 Å². The first-order chi connectivity index (χ1) is 9.47. The van der Waals surface area contributed by atoms with E-state index in [-0.39, 0.29) is 11.7 Å². The third-order valence-electron chi connectivity index (χ3n) is 3.10. The van der Waals surface area contributed by atoms with Crippen LogP contribution in [-0.4, -0.2) is 25.1 Å². The lowest BCUT2D eigenvalue weighted by Gasteiger charge is -2.13. The van der Waals surface area contributed by atoms with E-state index in [2.05, 4.69) is 5.32 Å². The fourth-order valence-electron chi connectivity index (χ4n) is 1.89. The van der Waals surface area contributed by atoms with Crippen molar-refractivity contribution in [3.05, 3.63) is 53.6 Å². The normalized spacial score (nSPS) is 10.2. The van der Waals surface area contributed by atoms with E-state index >= 15 is 0 Å². The third kappa shape index (κ3) is 3.09. The van der Waals surface area contributed by atoms with Crippen LogP contribution in [0.5, 0.6) is 5.75 Å². The van der Waals surface area contributed by atoms with Crippen molar-refractivity contribution in [2.75, 3.05) is 24.3 Å². The largest absolute Gasteiger partial charge is 0.508 e. The number of phenols is 1. The number of anilines is 2. The van der Waals surface area contributed by atoms with Gasteiger partial charge in [0.05, 0.1) is 0 Å². The average molecular weight is 270 g/mol. The zero-order valence-corrected chi connectivity index (χ0v) is 11.8. The molecule has 0 spiro atoms. The van der Waals surface area contributed by atoms with Crippen LogP contribution in [0.4, 0.5) is 11.4 Å². The van der Waals surface area contributed by atoms with Crippen LogP contribution in [0.2, 0.25) is 0 Å². The number of hydrogen-bond donors (Lipinski definition) is 2. The Bertz CT molecular complexity index is 619. The van der Waals surface area contributed by atoms with E-state index in [0.29, 0.717) is 11.3 Å². The molecule has 1 amide bonds. The van der Waals surface area contributed by atoms with Gasteiger partial charge in [0.2, 0.25) is 0 Å². The molecule has 2 rings (SSSR count). The molecule has 0 fully saturated rings. The Morgan fingerprint density at radius 1 is 1.10 bits per heavy atom. The van der Waals surface area contributed by atoms with Gasteiger partial charge >= 0.3 is 0 Å². The van der Waals surface area contributed by atoms with Crippen molar-refractivity contribution in [2.45, 2.75) is 6.92 Å². The first-order valence-electron chi connectivity index (χ1n) is 6.36. The quantitative estimate of drug-likeness (QED) is 0.843. The van der Waals surface area contributed by atoms with E-state index in [1.54, 1.807) is 30.3 Å². The van der Waals surface area contributed by atoms with Crippen molar-refractivity contribution in [3.63, 3.8) is 0 Å². The molecule has 0 radical (unpaired) electrons. The molecule has 0 saturated heterocycles. The summed E-state index contributed by atoms with van der Waals surface area (Å²) < 4.78 is 0. The molecule has 20 heavy (non-hydrogen) atoms. The van der Waals surface area contributed by atoms with Gasteiger partial charge in [-0.1, -0.05) is 0 Å². The number of aryl methyl sites for hydroxylation is 1. The van der Waals surface area contributed by atoms with Crippen LogP contribution < -0.4 is 10.2 Å². The molecule has 0 aliphatic rings. The predicted octanol–water partition coefficient (Wildman–Crippen LogP) is 3.02. The van der Waals surface area contributed by atoms with Crippen LogP contribution in [0.1, 0.15) is 15.9 Å². The maximum absolute atomic E-state index is 12.1. The van der Waals surface area contributed by atoms with E-state index in [4.69, 9.17) is 0 Å². The molecule has 0 heterocycles. The first kappa shape index (κ1) is 13.9. The number of carbonyl (C=O) groups excluding carboxylic acids is 1. The summed E-state index contributed by atoms with van der Waals surface area (Å²) in [4.78, 5) is 14.1. The molecule has 4 heteroatoms. The number of nitrogens with one attached hydrogen (secondary N) is 1. The van der Waals surface area contributed by atoms with Gasteiger partial charge < -0.3 is 15.3 Å². The van der Waals surface area contributed by atoms with E-state index < -0.39 is 0 Å². The summed E-state index contributed by atoms with van der Waals surface area (Å²) in [5, 5.41) is 12.2. The van der Waals surface area contributed by atoms with E-state index in [0.717, 1.165) is 11.3 Å². The van der Waals surface area contributed by atoms with Gasteiger partial charge in [0.1, 0.15) is 5.75 Å². The van der Waals surface area contributed by atoms with Gasteiger partial charge in [-0.2, -0.15) is 0 Å². The highest BCUT2D eigenvalue weighted by molar-refractivity contribution is 6.04. The fourth-order valence-corrected chi connectivity index (χ4v) is 1.89. The maximum Gasteiger partial charge on any atom is 0.255 e. The van der Waals surface area contributed by atoms with Gasteiger partial charge in [0.25, 0.3) is 5.91 Å². The van der Waals surface area contributed by atoms with Crippen molar-refractivity contribution in [2.24, 2.45) is 0 Å². The molecule has 0 aliphatic carbocycles. The highest BCUT2D eigenvalue weighted by atomic mass is 16.3. The van der Waals surface area contributed by atoms with Crippen molar-refractivity contribution in [1.29, 1.82) is 0 Å². The number of rotatable bonds is 3. The van der Waals surface area contributed by atoms with E-state index in [1.807, 2.05) is 38.1 Å². The Kier molecular flexibility index (Phi) is 3.94. The minimum Gasteiger partial charge on any atom is -0.508 e. The minimum absolute atomic E-state index is 0.163. The van der Waals surface area contributed by atoms with Gasteiger partial charge in [-0.15, -0.1) is 0 Å². The topological polar surface area (TPSA) is 52.6 Å². The standard InChI is InChI=1S/C16H18N2O2/c1-11-10-14(19)8-9-15(11)17-16(20)12-4-6-13(7-5-12)18(2)3/h4-10,19H,1-3H3,(H,17,20). The molecule has 0 atom stereocenters. The highest BCUT2D eigenvalue weighted by Gasteiger charge is 2.08. The Balaban J connectivity index is 2.15. The smallest absolute Gasteiger partial charge is 0.255 e. The van der Waals surface area contributed by atoms with Gasteiger partial charge in [-0.05, 0) is 55.0 Å². The molecular formula is C16H18N2O2. The number of aromatic hydroxyl groups is 1. The van der Waals surface area contributed by atoms with Gasteiger partial charge in [-0.3, -0.25) is 4.79 Å². The zero-order valence-electron chi connectivity index (χ0n) is 11.8. The average Bonchev–Trinajstić information content (AvgIpc) is 2.42. The molecule has 0 unspecified atom stereocenters. The summed E-state index contributed by atoms with van der Waals surface area (Å²) in [5.41, 5.74) is 3.16. The summed E-state index contributed by atoms with van der Waals surface area (Å²) in [6.07, 6.45) is 0. The minimum atomic E-state index is -0.163. The van der Waals surface area contributed by atoms with Crippen molar-refractivity contribution in [1.82, 2.24) is 0 Å². The number of amides is 1. The monoisotopic (exact) mass is 270 g/mol. The van der Waals surface area contributed by atoms with Crippen LogP contribution in [-0.2, 0) is 0 Å². The van der Waals surface area contributed by atoms with Gasteiger partial charge in [0, 0.05) is 31.0 Å². The first-order valence-corrected chi connectivity index (χ1v) is 6.36. The Morgan fingerprint density at radius 2 is 1.75 bits per heavy atom. The summed E-state index contributed by atoms with van der Waals surface area (Å²) in [5.74, 6) is 0.0277. The molecule has 4 nitrogen and oxygen atoms in total. The summed E-state index contributed by atoms with van der Waals surface area (Å²) in [6, 6.07) is 12.2. The second kappa shape index (κ2) is 5.65. The van der Waals surface area contributed by atoms with Crippen LogP contribution in [0.25, 0.3) is 0 Å². The second-order valence-corrected chi connectivity index (χ2v) is 4.89. The molecule has 2 aromatic rings. The lowest BCUT2D eigenvalue weighted by Crippen LogP contribution is -2.13. The van der Waals surface area contributed by atoms with Gasteiger partial charge in [0.15, 0.2) is 0 Å².